The first-order valence-corrected chi connectivity index (χ1v) is 5.99. The van der Waals surface area contributed by atoms with Crippen LogP contribution in [-0.2, 0) is 4.79 Å². The largest absolute Gasteiger partial charge is 0.481 e. The summed E-state index contributed by atoms with van der Waals surface area (Å²) in [7, 11) is 2.94. The molecule has 7 heteroatoms. The number of rotatable bonds is 6. The number of nitrogens with zero attached hydrogens (tertiary/aromatic N) is 2. The Balaban J connectivity index is 2.78. The van der Waals surface area contributed by atoms with E-state index in [9.17, 15) is 4.79 Å². The van der Waals surface area contributed by atoms with Crippen LogP contribution in [0, 0.1) is 5.92 Å². The second-order valence-electron chi connectivity index (χ2n) is 4.50. The van der Waals surface area contributed by atoms with Gasteiger partial charge in [-0.3, -0.25) is 10.1 Å². The minimum atomic E-state index is -0.596. The number of carbonyl (C=O) groups excluding carboxylic acids is 1. The van der Waals surface area contributed by atoms with Gasteiger partial charge in [0.05, 0.1) is 26.3 Å². The number of hydrogen-bond acceptors (Lipinski definition) is 6. The number of carbonyl (C=O) groups is 1. The maximum Gasteiger partial charge on any atom is 0.243 e. The highest BCUT2D eigenvalue weighted by Gasteiger charge is 2.17. The maximum atomic E-state index is 11.8. The van der Waals surface area contributed by atoms with Gasteiger partial charge >= 0.3 is 0 Å². The minimum absolute atomic E-state index is 0.111. The molecule has 0 aliphatic carbocycles. The summed E-state index contributed by atoms with van der Waals surface area (Å²) in [5, 5.41) is 2.55. The third-order valence-corrected chi connectivity index (χ3v) is 2.39. The smallest absolute Gasteiger partial charge is 0.243 e. The van der Waals surface area contributed by atoms with Gasteiger partial charge in [0.2, 0.25) is 23.6 Å². The molecule has 106 valence electrons. The number of ether oxygens (including phenoxy) is 2. The lowest BCUT2D eigenvalue weighted by atomic mass is 10.0. The van der Waals surface area contributed by atoms with E-state index in [1.165, 1.54) is 20.3 Å². The summed E-state index contributed by atoms with van der Waals surface area (Å²) in [5.41, 5.74) is 5.78. The Bertz CT molecular complexity index is 415. The molecule has 1 aromatic rings. The Morgan fingerprint density at radius 1 is 1.32 bits per heavy atom. The van der Waals surface area contributed by atoms with Crippen LogP contribution in [0.15, 0.2) is 6.07 Å². The van der Waals surface area contributed by atoms with Crippen LogP contribution in [0.4, 0.5) is 5.95 Å². The molecule has 19 heavy (non-hydrogen) atoms. The lowest BCUT2D eigenvalue weighted by Crippen LogP contribution is -2.37. The molecule has 1 atom stereocenters. The Labute approximate surface area is 112 Å². The van der Waals surface area contributed by atoms with Crippen molar-refractivity contribution in [3.63, 3.8) is 0 Å². The Hall–Kier alpha value is -1.89. The van der Waals surface area contributed by atoms with E-state index in [0.29, 0.717) is 24.1 Å². The number of anilines is 1. The zero-order chi connectivity index (χ0) is 14.4. The quantitative estimate of drug-likeness (QED) is 0.792. The van der Waals surface area contributed by atoms with Crippen LogP contribution in [0.25, 0.3) is 0 Å². The summed E-state index contributed by atoms with van der Waals surface area (Å²) in [4.78, 5) is 19.9. The molecule has 0 fully saturated rings. The molecule has 0 saturated carbocycles. The van der Waals surface area contributed by atoms with Crippen molar-refractivity contribution < 1.29 is 14.3 Å². The highest BCUT2D eigenvalue weighted by Crippen LogP contribution is 2.17. The van der Waals surface area contributed by atoms with E-state index in [0.717, 1.165) is 0 Å². The van der Waals surface area contributed by atoms with Crippen molar-refractivity contribution in [2.45, 2.75) is 26.3 Å². The summed E-state index contributed by atoms with van der Waals surface area (Å²) >= 11 is 0. The van der Waals surface area contributed by atoms with Crippen LogP contribution < -0.4 is 20.5 Å². The van der Waals surface area contributed by atoms with Gasteiger partial charge in [0.15, 0.2) is 0 Å². The number of nitrogens with two attached hydrogens (primary N) is 1. The van der Waals surface area contributed by atoms with Crippen LogP contribution in [0.2, 0.25) is 0 Å². The van der Waals surface area contributed by atoms with Gasteiger partial charge in [-0.05, 0) is 12.3 Å². The van der Waals surface area contributed by atoms with Crippen LogP contribution in [0.5, 0.6) is 11.8 Å². The standard InChI is InChI=1S/C12H20N4O3/c1-7(2)5-8(13)11(17)16-12-14-9(18-3)6-10(15-12)19-4/h6-8H,5,13H2,1-4H3,(H,14,15,16,17)/t8-/m1/s1. The van der Waals surface area contributed by atoms with Gasteiger partial charge in [-0.1, -0.05) is 13.8 Å². The number of amides is 1. The molecular formula is C12H20N4O3. The molecule has 0 saturated heterocycles. The number of aromatic nitrogens is 2. The third kappa shape index (κ3) is 4.70. The van der Waals surface area contributed by atoms with Crippen LogP contribution in [0.1, 0.15) is 20.3 Å². The fourth-order valence-electron chi connectivity index (χ4n) is 1.49. The van der Waals surface area contributed by atoms with Gasteiger partial charge in [0.1, 0.15) is 0 Å². The van der Waals surface area contributed by atoms with E-state index in [-0.39, 0.29) is 11.9 Å². The average molecular weight is 268 g/mol. The van der Waals surface area contributed by atoms with Gasteiger partial charge < -0.3 is 15.2 Å². The Morgan fingerprint density at radius 3 is 2.26 bits per heavy atom. The molecule has 1 heterocycles. The molecule has 0 aromatic carbocycles. The summed E-state index contributed by atoms with van der Waals surface area (Å²) < 4.78 is 9.98. The molecule has 1 aromatic heterocycles. The lowest BCUT2D eigenvalue weighted by molar-refractivity contribution is -0.117. The van der Waals surface area contributed by atoms with Gasteiger partial charge in [-0.15, -0.1) is 0 Å². The molecule has 7 nitrogen and oxygen atoms in total. The second-order valence-corrected chi connectivity index (χ2v) is 4.50. The van der Waals surface area contributed by atoms with Gasteiger partial charge in [0, 0.05) is 0 Å². The van der Waals surface area contributed by atoms with Crippen molar-refractivity contribution in [3.05, 3.63) is 6.07 Å². The maximum absolute atomic E-state index is 11.8. The van der Waals surface area contributed by atoms with E-state index in [1.807, 2.05) is 13.8 Å². The highest BCUT2D eigenvalue weighted by atomic mass is 16.5. The van der Waals surface area contributed by atoms with Crippen molar-refractivity contribution >= 4 is 11.9 Å². The molecule has 1 amide bonds. The Morgan fingerprint density at radius 2 is 1.84 bits per heavy atom. The van der Waals surface area contributed by atoms with E-state index < -0.39 is 6.04 Å². The normalized spacial score (nSPS) is 12.1. The zero-order valence-corrected chi connectivity index (χ0v) is 11.6. The SMILES string of the molecule is COc1cc(OC)nc(NC(=O)[C@H](N)CC(C)C)n1. The molecular weight excluding hydrogens is 248 g/mol. The summed E-state index contributed by atoms with van der Waals surface area (Å²) in [5.74, 6) is 0.727. The van der Waals surface area contributed by atoms with Crippen LogP contribution in [-0.4, -0.2) is 36.1 Å². The van der Waals surface area contributed by atoms with Crippen molar-refractivity contribution in [1.29, 1.82) is 0 Å². The first kappa shape index (κ1) is 15.2. The van der Waals surface area contributed by atoms with E-state index in [4.69, 9.17) is 15.2 Å². The van der Waals surface area contributed by atoms with Gasteiger partial charge in [0.25, 0.3) is 0 Å². The number of hydrogen-bond donors (Lipinski definition) is 2. The van der Waals surface area contributed by atoms with Crippen molar-refractivity contribution in [1.82, 2.24) is 9.97 Å². The number of methoxy groups -OCH3 is 2. The van der Waals surface area contributed by atoms with Crippen molar-refractivity contribution in [2.24, 2.45) is 11.7 Å². The number of nitrogens with one attached hydrogen (secondary N) is 1. The average Bonchev–Trinajstić information content (AvgIpc) is 2.37. The third-order valence-electron chi connectivity index (χ3n) is 2.39. The van der Waals surface area contributed by atoms with Crippen LogP contribution in [0.3, 0.4) is 0 Å². The Kier molecular flexibility index (Phi) is 5.50. The van der Waals surface area contributed by atoms with E-state index in [1.54, 1.807) is 0 Å². The fraction of sp³-hybridized carbons (Fsp3) is 0.583. The molecule has 0 unspecified atom stereocenters. The molecule has 1 rings (SSSR count). The predicted octanol–water partition coefficient (Wildman–Crippen LogP) is 0.806. The molecule has 0 radical (unpaired) electrons. The second kappa shape index (κ2) is 6.89. The van der Waals surface area contributed by atoms with Gasteiger partial charge in [-0.25, -0.2) is 0 Å². The summed E-state index contributed by atoms with van der Waals surface area (Å²) in [6.45, 7) is 4.00. The predicted molar refractivity (Wildman–Crippen MR) is 71.2 cm³/mol. The summed E-state index contributed by atoms with van der Waals surface area (Å²) in [6, 6.07) is 0.921. The lowest BCUT2D eigenvalue weighted by Gasteiger charge is -2.13. The summed E-state index contributed by atoms with van der Waals surface area (Å²) in [6.07, 6.45) is 0.590. The van der Waals surface area contributed by atoms with Crippen LogP contribution >= 0.6 is 0 Å². The molecule has 0 spiro atoms. The molecule has 0 aliphatic rings. The van der Waals surface area contributed by atoms with Gasteiger partial charge in [-0.2, -0.15) is 9.97 Å². The molecule has 0 bridgehead atoms. The monoisotopic (exact) mass is 268 g/mol. The van der Waals surface area contributed by atoms with Crippen molar-refractivity contribution in [3.8, 4) is 11.8 Å². The van der Waals surface area contributed by atoms with Crippen molar-refractivity contribution in [2.75, 3.05) is 19.5 Å². The van der Waals surface area contributed by atoms with E-state index in [2.05, 4.69) is 15.3 Å². The molecule has 3 N–H and O–H groups in total. The first-order valence-electron chi connectivity index (χ1n) is 5.99. The fourth-order valence-corrected chi connectivity index (χ4v) is 1.49. The topological polar surface area (TPSA) is 99.4 Å². The molecule has 0 aliphatic heterocycles. The van der Waals surface area contributed by atoms with E-state index >= 15 is 0 Å². The highest BCUT2D eigenvalue weighted by molar-refractivity contribution is 5.93. The minimum Gasteiger partial charge on any atom is -0.481 e. The first-order chi connectivity index (χ1) is 8.96. The zero-order valence-electron chi connectivity index (χ0n) is 11.6.